The molecule has 3 aromatic rings. The van der Waals surface area contributed by atoms with Crippen LogP contribution in [0, 0.1) is 0 Å². The van der Waals surface area contributed by atoms with Gasteiger partial charge < -0.3 is 20.4 Å². The van der Waals surface area contributed by atoms with E-state index in [4.69, 9.17) is 5.11 Å². The number of thiophene rings is 1. The minimum atomic E-state index is -0.934. The summed E-state index contributed by atoms with van der Waals surface area (Å²) in [6.07, 6.45) is 4.18. The molecule has 2 aromatic heterocycles. The number of hydrogen-bond acceptors (Lipinski definition) is 7. The second-order valence-corrected chi connectivity index (χ2v) is 8.47. The first-order valence-corrected chi connectivity index (χ1v) is 11.8. The number of aliphatic hydroxyl groups excluding tert-OH is 1. The lowest BCUT2D eigenvalue weighted by molar-refractivity contribution is 0.0702. The van der Waals surface area contributed by atoms with Gasteiger partial charge in [0.1, 0.15) is 4.88 Å². The molecule has 0 atom stereocenters. The van der Waals surface area contributed by atoms with Crippen molar-refractivity contribution in [3.63, 3.8) is 0 Å². The third kappa shape index (κ3) is 6.59. The lowest BCUT2D eigenvalue weighted by Gasteiger charge is -2.29. The number of anilines is 2. The highest BCUT2D eigenvalue weighted by Gasteiger charge is 2.16. The number of likely N-dealkylation sites (tertiary alicyclic amines) is 1. The summed E-state index contributed by atoms with van der Waals surface area (Å²) in [7, 11) is 0. The van der Waals surface area contributed by atoms with Crippen molar-refractivity contribution in [2.75, 3.05) is 25.0 Å². The van der Waals surface area contributed by atoms with Crippen LogP contribution in [0.1, 0.15) is 41.9 Å². The predicted molar refractivity (Wildman–Crippen MR) is 129 cm³/mol. The molecular formula is C24H30N4O3S. The Hall–Kier alpha value is -2.81. The minimum absolute atomic E-state index is 0.144. The smallest absolute Gasteiger partial charge is 0.345 e. The Morgan fingerprint density at radius 2 is 1.97 bits per heavy atom. The van der Waals surface area contributed by atoms with E-state index in [0.717, 1.165) is 49.5 Å². The topological polar surface area (TPSA) is 98.6 Å². The van der Waals surface area contributed by atoms with Gasteiger partial charge in [-0.25, -0.2) is 14.8 Å². The number of hydrogen-bond donors (Lipinski definition) is 3. The van der Waals surface area contributed by atoms with Crippen LogP contribution in [0.4, 0.5) is 11.6 Å². The summed E-state index contributed by atoms with van der Waals surface area (Å²) < 4.78 is 0. The van der Waals surface area contributed by atoms with E-state index < -0.39 is 5.97 Å². The molecule has 1 fully saturated rings. The third-order valence-corrected chi connectivity index (χ3v) is 6.28. The number of nitrogens with zero attached hydrogens (tertiary/aromatic N) is 3. The number of carboxylic acid groups (broad SMARTS) is 1. The highest BCUT2D eigenvalue weighted by atomic mass is 32.1. The Bertz CT molecular complexity index is 1020. The van der Waals surface area contributed by atoms with E-state index in [9.17, 15) is 9.90 Å². The first kappa shape index (κ1) is 23.8. The Labute approximate surface area is 192 Å². The van der Waals surface area contributed by atoms with Crippen LogP contribution in [0.3, 0.4) is 0 Å². The van der Waals surface area contributed by atoms with Crippen LogP contribution in [0.15, 0.2) is 48.7 Å². The Kier molecular flexibility index (Phi) is 8.72. The van der Waals surface area contributed by atoms with E-state index in [0.29, 0.717) is 11.6 Å². The second-order valence-electron chi connectivity index (χ2n) is 7.38. The van der Waals surface area contributed by atoms with Gasteiger partial charge in [0.25, 0.3) is 0 Å². The van der Waals surface area contributed by atoms with Crippen molar-refractivity contribution in [1.82, 2.24) is 14.9 Å². The third-order valence-electron chi connectivity index (χ3n) is 5.18. The molecule has 1 aromatic carbocycles. The monoisotopic (exact) mass is 454 g/mol. The van der Waals surface area contributed by atoms with Crippen LogP contribution in [0.5, 0.6) is 0 Å². The van der Waals surface area contributed by atoms with Gasteiger partial charge in [-0.05, 0) is 55.2 Å². The zero-order valence-corrected chi connectivity index (χ0v) is 19.3. The summed E-state index contributed by atoms with van der Waals surface area (Å²) in [5, 5.41) is 22.0. The summed E-state index contributed by atoms with van der Waals surface area (Å²) >= 11 is 1.19. The summed E-state index contributed by atoms with van der Waals surface area (Å²) in [6, 6.07) is 13.3. The summed E-state index contributed by atoms with van der Waals surface area (Å²) in [5.41, 5.74) is 2.83. The molecule has 8 heteroatoms. The Morgan fingerprint density at radius 1 is 1.19 bits per heavy atom. The lowest BCUT2D eigenvalue weighted by Crippen LogP contribution is -2.37. The summed E-state index contributed by atoms with van der Waals surface area (Å²) in [5.74, 6) is -0.462. The molecule has 170 valence electrons. The zero-order chi connectivity index (χ0) is 22.9. The molecule has 0 aliphatic carbocycles. The number of carbonyl (C=O) groups is 1. The molecule has 0 bridgehead atoms. The zero-order valence-electron chi connectivity index (χ0n) is 18.5. The minimum Gasteiger partial charge on any atom is -0.477 e. The van der Waals surface area contributed by atoms with Crippen molar-refractivity contribution in [2.45, 2.75) is 39.2 Å². The molecule has 1 aliphatic rings. The average Bonchev–Trinajstić information content (AvgIpc) is 3.32. The molecule has 3 N–H and O–H groups in total. The highest BCUT2D eigenvalue weighted by Crippen LogP contribution is 2.27. The molecule has 3 heterocycles. The van der Waals surface area contributed by atoms with Crippen LogP contribution in [0.25, 0.3) is 10.6 Å². The van der Waals surface area contributed by atoms with Gasteiger partial charge in [-0.1, -0.05) is 26.0 Å². The number of nitrogens with one attached hydrogen (secondary N) is 1. The quantitative estimate of drug-likeness (QED) is 0.477. The molecule has 1 aliphatic heterocycles. The fraction of sp³-hybridized carbons (Fsp3) is 0.375. The molecule has 0 amide bonds. The van der Waals surface area contributed by atoms with Crippen LogP contribution < -0.4 is 5.32 Å². The normalized spacial score (nSPS) is 14.5. The van der Waals surface area contributed by atoms with Gasteiger partial charge in [0.15, 0.2) is 0 Å². The van der Waals surface area contributed by atoms with Crippen molar-refractivity contribution in [3.05, 3.63) is 59.1 Å². The number of rotatable bonds is 7. The first-order chi connectivity index (χ1) is 15.6. The van der Waals surface area contributed by atoms with Crippen molar-refractivity contribution in [3.8, 4) is 10.6 Å². The van der Waals surface area contributed by atoms with Crippen LogP contribution in [-0.4, -0.2) is 56.8 Å². The highest BCUT2D eigenvalue weighted by molar-refractivity contribution is 7.17. The molecule has 0 saturated carbocycles. The Balaban J connectivity index is 0.00000141. The van der Waals surface area contributed by atoms with Crippen molar-refractivity contribution in [1.29, 1.82) is 0 Å². The Morgan fingerprint density at radius 3 is 2.69 bits per heavy atom. The first-order valence-electron chi connectivity index (χ1n) is 11.0. The van der Waals surface area contributed by atoms with Gasteiger partial charge in [0, 0.05) is 31.5 Å². The van der Waals surface area contributed by atoms with Crippen molar-refractivity contribution in [2.24, 2.45) is 0 Å². The number of carboxylic acids is 1. The standard InChI is InChI=1S/C22H24N4O3S.C2H6/c27-17-8-12-26(13-9-17)11-7-15-2-1-3-16(14-15)24-22-23-10-6-18(25-22)19-4-5-20(30-19)21(28)29;1-2/h1-6,10,14,17,27H,7-9,11-13H2,(H,28,29)(H,23,24,25);1-2H3. The lowest BCUT2D eigenvalue weighted by atomic mass is 10.1. The van der Waals surface area contributed by atoms with Gasteiger partial charge in [0.05, 0.1) is 16.7 Å². The van der Waals surface area contributed by atoms with E-state index in [2.05, 4.69) is 32.3 Å². The predicted octanol–water partition coefficient (Wildman–Crippen LogP) is 4.67. The maximum atomic E-state index is 11.1. The van der Waals surface area contributed by atoms with Gasteiger partial charge in [-0.15, -0.1) is 11.3 Å². The molecule has 7 nitrogen and oxygen atoms in total. The van der Waals surface area contributed by atoms with E-state index in [-0.39, 0.29) is 11.0 Å². The number of aliphatic hydroxyl groups is 1. The largest absolute Gasteiger partial charge is 0.477 e. The molecule has 32 heavy (non-hydrogen) atoms. The van der Waals surface area contributed by atoms with Crippen LogP contribution in [-0.2, 0) is 6.42 Å². The molecule has 1 saturated heterocycles. The number of aromatic nitrogens is 2. The van der Waals surface area contributed by atoms with Crippen LogP contribution in [0.2, 0.25) is 0 Å². The molecule has 0 unspecified atom stereocenters. The molecular weight excluding hydrogens is 424 g/mol. The van der Waals surface area contributed by atoms with E-state index in [1.807, 2.05) is 26.0 Å². The van der Waals surface area contributed by atoms with Crippen molar-refractivity contribution < 1.29 is 15.0 Å². The number of piperidine rings is 1. The van der Waals surface area contributed by atoms with Crippen molar-refractivity contribution >= 4 is 28.9 Å². The summed E-state index contributed by atoms with van der Waals surface area (Å²) in [4.78, 5) is 23.4. The van der Waals surface area contributed by atoms with Gasteiger partial charge >= 0.3 is 5.97 Å². The van der Waals surface area contributed by atoms with Gasteiger partial charge in [0.2, 0.25) is 5.95 Å². The van der Waals surface area contributed by atoms with E-state index in [1.54, 1.807) is 24.4 Å². The SMILES string of the molecule is CC.O=C(O)c1ccc(-c2ccnc(Nc3cccc(CCN4CCC(O)CC4)c3)n2)s1. The maximum Gasteiger partial charge on any atom is 0.345 e. The van der Waals surface area contributed by atoms with Crippen LogP contribution >= 0.6 is 11.3 Å². The second kappa shape index (κ2) is 11.7. The number of aromatic carboxylic acids is 1. The molecule has 0 spiro atoms. The fourth-order valence-corrected chi connectivity index (χ4v) is 4.33. The van der Waals surface area contributed by atoms with Gasteiger partial charge in [-0.2, -0.15) is 0 Å². The molecule has 0 radical (unpaired) electrons. The van der Waals surface area contributed by atoms with E-state index in [1.165, 1.54) is 16.9 Å². The summed E-state index contributed by atoms with van der Waals surface area (Å²) in [6.45, 7) is 6.88. The maximum absolute atomic E-state index is 11.1. The average molecular weight is 455 g/mol. The number of benzene rings is 1. The fourth-order valence-electron chi connectivity index (χ4n) is 3.51. The van der Waals surface area contributed by atoms with Gasteiger partial charge in [-0.3, -0.25) is 0 Å². The molecule has 4 rings (SSSR count). The van der Waals surface area contributed by atoms with E-state index >= 15 is 0 Å².